The van der Waals surface area contributed by atoms with Crippen molar-refractivity contribution >= 4 is 49.7 Å². The number of anilines is 1. The van der Waals surface area contributed by atoms with Crippen LogP contribution in [0.4, 0.5) is 5.69 Å². The van der Waals surface area contributed by atoms with Crippen molar-refractivity contribution in [2.24, 2.45) is 5.10 Å². The highest BCUT2D eigenvalue weighted by Crippen LogP contribution is 2.28. The molecule has 0 saturated heterocycles. The van der Waals surface area contributed by atoms with Crippen molar-refractivity contribution in [3.05, 3.63) is 56.5 Å². The van der Waals surface area contributed by atoms with E-state index in [2.05, 4.69) is 42.4 Å². The number of benzene rings is 2. The molecule has 0 atom stereocenters. The standard InChI is InChI=1S/C16H15Br2N3O2/c1-2-23-14-6-4-3-5-10(14)9-20-21-16(22)12-7-11(17)8-13(18)15(12)19/h3-9H,2,19H2,1H3,(H,21,22)/b20-9-. The summed E-state index contributed by atoms with van der Waals surface area (Å²) >= 11 is 6.63. The number of nitrogen functional groups attached to an aromatic ring is 1. The Balaban J connectivity index is 2.14. The average Bonchev–Trinajstić information content (AvgIpc) is 2.52. The van der Waals surface area contributed by atoms with Crippen molar-refractivity contribution in [1.82, 2.24) is 5.43 Å². The van der Waals surface area contributed by atoms with Crippen molar-refractivity contribution < 1.29 is 9.53 Å². The van der Waals surface area contributed by atoms with Gasteiger partial charge in [-0.2, -0.15) is 5.10 Å². The van der Waals surface area contributed by atoms with Gasteiger partial charge in [-0.05, 0) is 47.1 Å². The molecule has 2 rings (SSSR count). The van der Waals surface area contributed by atoms with Crippen LogP contribution in [0.25, 0.3) is 0 Å². The first-order valence-electron chi connectivity index (χ1n) is 6.82. The number of nitrogens with zero attached hydrogens (tertiary/aromatic N) is 1. The van der Waals surface area contributed by atoms with Gasteiger partial charge in [-0.1, -0.05) is 28.1 Å². The van der Waals surface area contributed by atoms with E-state index in [0.29, 0.717) is 28.1 Å². The smallest absolute Gasteiger partial charge is 0.273 e. The van der Waals surface area contributed by atoms with Crippen molar-refractivity contribution in [2.75, 3.05) is 12.3 Å². The summed E-state index contributed by atoms with van der Waals surface area (Å²) in [4.78, 5) is 12.2. The van der Waals surface area contributed by atoms with Gasteiger partial charge in [-0.3, -0.25) is 4.79 Å². The van der Waals surface area contributed by atoms with Crippen molar-refractivity contribution in [2.45, 2.75) is 6.92 Å². The number of rotatable bonds is 5. The molecule has 0 aliphatic heterocycles. The Kier molecular flexibility index (Phi) is 6.18. The van der Waals surface area contributed by atoms with E-state index in [1.54, 1.807) is 12.1 Å². The minimum atomic E-state index is -0.394. The molecule has 0 bridgehead atoms. The minimum absolute atomic E-state index is 0.335. The van der Waals surface area contributed by atoms with Crippen LogP contribution >= 0.6 is 31.9 Å². The molecule has 0 spiro atoms. The molecule has 0 heterocycles. The highest BCUT2D eigenvalue weighted by atomic mass is 79.9. The summed E-state index contributed by atoms with van der Waals surface area (Å²) < 4.78 is 6.88. The zero-order valence-corrected chi connectivity index (χ0v) is 15.5. The van der Waals surface area contributed by atoms with Gasteiger partial charge in [-0.15, -0.1) is 0 Å². The third-order valence-electron chi connectivity index (χ3n) is 2.93. The van der Waals surface area contributed by atoms with E-state index in [1.165, 1.54) is 6.21 Å². The first-order valence-corrected chi connectivity index (χ1v) is 8.41. The van der Waals surface area contributed by atoms with Crippen LogP contribution in [0.2, 0.25) is 0 Å². The summed E-state index contributed by atoms with van der Waals surface area (Å²) in [6.45, 7) is 2.46. The lowest BCUT2D eigenvalue weighted by Gasteiger charge is -2.08. The quantitative estimate of drug-likeness (QED) is 0.419. The third kappa shape index (κ3) is 4.56. The second-order valence-electron chi connectivity index (χ2n) is 4.52. The van der Waals surface area contributed by atoms with Crippen LogP contribution in [-0.4, -0.2) is 18.7 Å². The number of carbonyl (C=O) groups excluding carboxylic acids is 1. The molecule has 0 aromatic heterocycles. The lowest BCUT2D eigenvalue weighted by Crippen LogP contribution is -2.19. The number of amides is 1. The molecular weight excluding hydrogens is 426 g/mol. The van der Waals surface area contributed by atoms with Crippen LogP contribution in [-0.2, 0) is 0 Å². The van der Waals surface area contributed by atoms with Gasteiger partial charge in [0.25, 0.3) is 5.91 Å². The molecule has 2 aromatic carbocycles. The van der Waals surface area contributed by atoms with Crippen molar-refractivity contribution in [1.29, 1.82) is 0 Å². The second kappa shape index (κ2) is 8.12. The largest absolute Gasteiger partial charge is 0.493 e. The first-order chi connectivity index (χ1) is 11.0. The van der Waals surface area contributed by atoms with Gasteiger partial charge < -0.3 is 10.5 Å². The maximum absolute atomic E-state index is 12.2. The predicted octanol–water partition coefficient (Wildman–Crippen LogP) is 3.96. The van der Waals surface area contributed by atoms with Crippen molar-refractivity contribution in [3.63, 3.8) is 0 Å². The molecular formula is C16H15Br2N3O2. The second-order valence-corrected chi connectivity index (χ2v) is 6.29. The van der Waals surface area contributed by atoms with Crippen LogP contribution in [0, 0.1) is 0 Å². The molecule has 1 amide bonds. The molecule has 2 aromatic rings. The number of hydrazone groups is 1. The van der Waals surface area contributed by atoms with E-state index in [9.17, 15) is 4.79 Å². The number of para-hydroxylation sites is 1. The highest BCUT2D eigenvalue weighted by Gasteiger charge is 2.12. The number of ether oxygens (including phenoxy) is 1. The van der Waals surface area contributed by atoms with E-state index in [0.717, 1.165) is 10.0 Å². The number of hydrogen-bond acceptors (Lipinski definition) is 4. The van der Waals surface area contributed by atoms with Crippen LogP contribution in [0.3, 0.4) is 0 Å². The van der Waals surface area contributed by atoms with Crippen LogP contribution in [0.15, 0.2) is 50.4 Å². The zero-order chi connectivity index (χ0) is 16.8. The fourth-order valence-electron chi connectivity index (χ4n) is 1.87. The Morgan fingerprint density at radius 3 is 2.83 bits per heavy atom. The average molecular weight is 441 g/mol. The molecule has 0 aliphatic carbocycles. The fourth-order valence-corrected chi connectivity index (χ4v) is 3.09. The van der Waals surface area contributed by atoms with Crippen molar-refractivity contribution in [3.8, 4) is 5.75 Å². The monoisotopic (exact) mass is 439 g/mol. The summed E-state index contributed by atoms with van der Waals surface area (Å²) in [7, 11) is 0. The zero-order valence-electron chi connectivity index (χ0n) is 12.3. The van der Waals surface area contributed by atoms with E-state index in [1.807, 2.05) is 31.2 Å². The van der Waals surface area contributed by atoms with E-state index in [4.69, 9.17) is 10.5 Å². The van der Waals surface area contributed by atoms with E-state index in [-0.39, 0.29) is 0 Å². The number of nitrogens with one attached hydrogen (secondary N) is 1. The Labute approximate surface area is 151 Å². The normalized spacial score (nSPS) is 10.7. The van der Waals surface area contributed by atoms with Gasteiger partial charge in [-0.25, -0.2) is 5.43 Å². The Morgan fingerprint density at radius 1 is 1.35 bits per heavy atom. The predicted molar refractivity (Wildman–Crippen MR) is 98.9 cm³/mol. The molecule has 120 valence electrons. The molecule has 0 unspecified atom stereocenters. The maximum Gasteiger partial charge on any atom is 0.273 e. The fraction of sp³-hybridized carbons (Fsp3) is 0.125. The summed E-state index contributed by atoms with van der Waals surface area (Å²) in [5, 5.41) is 3.97. The maximum atomic E-state index is 12.2. The number of carbonyl (C=O) groups is 1. The SMILES string of the molecule is CCOc1ccccc1/C=N\NC(=O)c1cc(Br)cc(Br)c1N. The van der Waals surface area contributed by atoms with Gasteiger partial charge in [0.05, 0.1) is 24.1 Å². The van der Waals surface area contributed by atoms with Gasteiger partial charge in [0.15, 0.2) is 0 Å². The van der Waals surface area contributed by atoms with E-state index >= 15 is 0 Å². The molecule has 0 aliphatic rings. The number of hydrogen-bond donors (Lipinski definition) is 2. The van der Waals surface area contributed by atoms with Gasteiger partial charge in [0.1, 0.15) is 5.75 Å². The Bertz CT molecular complexity index is 748. The first kappa shape index (κ1) is 17.5. The highest BCUT2D eigenvalue weighted by molar-refractivity contribution is 9.11. The Morgan fingerprint density at radius 2 is 2.09 bits per heavy atom. The van der Waals surface area contributed by atoms with Crippen LogP contribution < -0.4 is 15.9 Å². The molecule has 5 nitrogen and oxygen atoms in total. The summed E-state index contributed by atoms with van der Waals surface area (Å²) in [5.74, 6) is 0.312. The van der Waals surface area contributed by atoms with Gasteiger partial charge >= 0.3 is 0 Å². The van der Waals surface area contributed by atoms with Gasteiger partial charge in [0, 0.05) is 14.5 Å². The summed E-state index contributed by atoms with van der Waals surface area (Å²) in [6.07, 6.45) is 1.53. The van der Waals surface area contributed by atoms with Crippen LogP contribution in [0.1, 0.15) is 22.8 Å². The van der Waals surface area contributed by atoms with E-state index < -0.39 is 5.91 Å². The summed E-state index contributed by atoms with van der Waals surface area (Å²) in [5.41, 5.74) is 9.83. The Hall–Kier alpha value is -1.86. The lowest BCUT2D eigenvalue weighted by atomic mass is 10.2. The van der Waals surface area contributed by atoms with Crippen LogP contribution in [0.5, 0.6) is 5.75 Å². The molecule has 23 heavy (non-hydrogen) atoms. The molecule has 7 heteroatoms. The molecule has 0 radical (unpaired) electrons. The molecule has 3 N–H and O–H groups in total. The summed E-state index contributed by atoms with van der Waals surface area (Å²) in [6, 6.07) is 10.9. The van der Waals surface area contributed by atoms with Gasteiger partial charge in [0.2, 0.25) is 0 Å². The number of nitrogens with two attached hydrogens (primary N) is 1. The topological polar surface area (TPSA) is 76.7 Å². The minimum Gasteiger partial charge on any atom is -0.493 e. The number of halogens is 2. The molecule has 0 saturated carbocycles. The lowest BCUT2D eigenvalue weighted by molar-refractivity contribution is 0.0956. The third-order valence-corrected chi connectivity index (χ3v) is 4.04. The molecule has 0 fully saturated rings.